The Hall–Kier alpha value is -1.58. The van der Waals surface area contributed by atoms with Gasteiger partial charge in [-0.2, -0.15) is 5.10 Å². The van der Waals surface area contributed by atoms with E-state index in [1.54, 1.807) is 0 Å². The largest absolute Gasteiger partial charge is 0.367 e. The topological polar surface area (TPSA) is 53.6 Å². The van der Waals surface area contributed by atoms with Crippen LogP contribution in [0.15, 0.2) is 12.3 Å². The highest BCUT2D eigenvalue weighted by molar-refractivity contribution is 5.91. The number of pyridine rings is 1. The number of rotatable bonds is 2. The van der Waals surface area contributed by atoms with Gasteiger partial charge in [-0.1, -0.05) is 19.3 Å². The van der Waals surface area contributed by atoms with Crippen molar-refractivity contribution in [3.8, 4) is 0 Å². The first-order valence-electron chi connectivity index (χ1n) is 6.41. The number of fused-ring (bicyclic) bond motifs is 1. The minimum atomic E-state index is 0.580. The van der Waals surface area contributed by atoms with Crippen LogP contribution in [0.4, 0.5) is 5.82 Å². The van der Waals surface area contributed by atoms with Gasteiger partial charge in [0.2, 0.25) is 0 Å². The van der Waals surface area contributed by atoms with E-state index in [2.05, 4.69) is 20.5 Å². The van der Waals surface area contributed by atoms with E-state index in [0.717, 1.165) is 22.4 Å². The highest BCUT2D eigenvalue weighted by Gasteiger charge is 2.16. The van der Waals surface area contributed by atoms with Gasteiger partial charge in [0.25, 0.3) is 0 Å². The quantitative estimate of drug-likeness (QED) is 0.833. The number of aromatic nitrogens is 3. The first-order valence-corrected chi connectivity index (χ1v) is 6.41. The first kappa shape index (κ1) is 10.6. The van der Waals surface area contributed by atoms with Gasteiger partial charge in [0.15, 0.2) is 0 Å². The third-order valence-electron chi connectivity index (χ3n) is 3.60. The third-order valence-corrected chi connectivity index (χ3v) is 3.60. The molecule has 1 fully saturated rings. The molecule has 0 aliphatic heterocycles. The van der Waals surface area contributed by atoms with E-state index in [1.165, 1.54) is 32.1 Å². The van der Waals surface area contributed by atoms with E-state index >= 15 is 0 Å². The molecule has 0 atom stereocenters. The van der Waals surface area contributed by atoms with Crippen molar-refractivity contribution in [1.82, 2.24) is 15.2 Å². The second-order valence-electron chi connectivity index (χ2n) is 4.87. The van der Waals surface area contributed by atoms with Crippen LogP contribution >= 0.6 is 0 Å². The van der Waals surface area contributed by atoms with Crippen LogP contribution in [0.5, 0.6) is 0 Å². The van der Waals surface area contributed by atoms with Gasteiger partial charge in [0.1, 0.15) is 5.82 Å². The van der Waals surface area contributed by atoms with Gasteiger partial charge in [-0.3, -0.25) is 5.10 Å². The number of nitrogens with one attached hydrogen (secondary N) is 2. The lowest BCUT2D eigenvalue weighted by Gasteiger charge is -2.23. The van der Waals surface area contributed by atoms with Crippen molar-refractivity contribution >= 4 is 16.7 Å². The van der Waals surface area contributed by atoms with Crippen LogP contribution in [0.2, 0.25) is 0 Å². The molecule has 2 aromatic rings. The summed E-state index contributed by atoms with van der Waals surface area (Å²) in [7, 11) is 0. The molecule has 0 amide bonds. The summed E-state index contributed by atoms with van der Waals surface area (Å²) in [4.78, 5) is 4.46. The van der Waals surface area contributed by atoms with E-state index in [-0.39, 0.29) is 0 Å². The molecular formula is C13H18N4. The summed E-state index contributed by atoms with van der Waals surface area (Å²) in [5.74, 6) is 0.987. The molecule has 3 rings (SSSR count). The van der Waals surface area contributed by atoms with Crippen molar-refractivity contribution in [1.29, 1.82) is 0 Å². The average molecular weight is 230 g/mol. The monoisotopic (exact) mass is 230 g/mol. The maximum absolute atomic E-state index is 4.46. The average Bonchev–Trinajstić information content (AvgIpc) is 2.74. The van der Waals surface area contributed by atoms with Crippen LogP contribution in [0.1, 0.15) is 37.8 Å². The van der Waals surface area contributed by atoms with Gasteiger partial charge >= 0.3 is 0 Å². The highest BCUT2D eigenvalue weighted by Crippen LogP contribution is 2.26. The SMILES string of the molecule is Cc1n[nH]c2ccnc(NC3CCCCC3)c12. The molecule has 0 unspecified atom stereocenters. The predicted octanol–water partition coefficient (Wildman–Crippen LogP) is 3.01. The molecule has 0 bridgehead atoms. The predicted molar refractivity (Wildman–Crippen MR) is 69.1 cm³/mol. The Morgan fingerprint density at radius 2 is 2.12 bits per heavy atom. The van der Waals surface area contributed by atoms with Crippen LogP contribution < -0.4 is 5.32 Å². The lowest BCUT2D eigenvalue weighted by molar-refractivity contribution is 0.462. The second-order valence-corrected chi connectivity index (χ2v) is 4.87. The molecule has 1 saturated carbocycles. The van der Waals surface area contributed by atoms with E-state index in [1.807, 2.05) is 19.2 Å². The summed E-state index contributed by atoms with van der Waals surface area (Å²) in [5.41, 5.74) is 2.09. The van der Waals surface area contributed by atoms with Gasteiger partial charge in [-0.05, 0) is 25.8 Å². The molecule has 2 aromatic heterocycles. The smallest absolute Gasteiger partial charge is 0.137 e. The Kier molecular flexibility index (Phi) is 2.71. The minimum absolute atomic E-state index is 0.580. The summed E-state index contributed by atoms with van der Waals surface area (Å²) in [6.45, 7) is 2.02. The normalized spacial score (nSPS) is 17.5. The molecule has 0 radical (unpaired) electrons. The lowest BCUT2D eigenvalue weighted by Crippen LogP contribution is -2.22. The zero-order valence-corrected chi connectivity index (χ0v) is 10.2. The van der Waals surface area contributed by atoms with Crippen LogP contribution in [-0.2, 0) is 0 Å². The number of hydrogen-bond donors (Lipinski definition) is 2. The van der Waals surface area contributed by atoms with Crippen LogP contribution in [0, 0.1) is 6.92 Å². The van der Waals surface area contributed by atoms with Crippen molar-refractivity contribution in [2.75, 3.05) is 5.32 Å². The summed E-state index contributed by atoms with van der Waals surface area (Å²) >= 11 is 0. The van der Waals surface area contributed by atoms with Crippen molar-refractivity contribution in [3.05, 3.63) is 18.0 Å². The van der Waals surface area contributed by atoms with Crippen molar-refractivity contribution < 1.29 is 0 Å². The Morgan fingerprint density at radius 3 is 2.94 bits per heavy atom. The molecule has 0 aromatic carbocycles. The van der Waals surface area contributed by atoms with Gasteiger partial charge in [0, 0.05) is 12.2 Å². The Morgan fingerprint density at radius 1 is 1.29 bits per heavy atom. The number of nitrogens with zero attached hydrogens (tertiary/aromatic N) is 2. The Balaban J connectivity index is 1.91. The minimum Gasteiger partial charge on any atom is -0.367 e. The molecule has 0 spiro atoms. The standard InChI is InChI=1S/C13H18N4/c1-9-12-11(17-16-9)7-8-14-13(12)15-10-5-3-2-4-6-10/h7-8,10H,2-6H2,1H3,(H,14,15)(H,16,17). The zero-order valence-electron chi connectivity index (χ0n) is 10.2. The highest BCUT2D eigenvalue weighted by atomic mass is 15.1. The van der Waals surface area contributed by atoms with Crippen LogP contribution in [0.25, 0.3) is 10.9 Å². The summed E-state index contributed by atoms with van der Waals surface area (Å²) in [6.07, 6.45) is 8.39. The van der Waals surface area contributed by atoms with E-state index in [4.69, 9.17) is 0 Å². The van der Waals surface area contributed by atoms with Gasteiger partial charge in [-0.25, -0.2) is 4.98 Å². The van der Waals surface area contributed by atoms with Crippen LogP contribution in [-0.4, -0.2) is 21.2 Å². The van der Waals surface area contributed by atoms with Crippen molar-refractivity contribution in [2.45, 2.75) is 45.1 Å². The molecule has 2 N–H and O–H groups in total. The van der Waals surface area contributed by atoms with Gasteiger partial charge < -0.3 is 5.32 Å². The molecular weight excluding hydrogens is 212 g/mol. The Labute approximate surface area is 101 Å². The molecule has 4 nitrogen and oxygen atoms in total. The maximum atomic E-state index is 4.46. The molecule has 1 aliphatic rings. The number of aromatic amines is 1. The summed E-state index contributed by atoms with van der Waals surface area (Å²) in [6, 6.07) is 2.55. The zero-order chi connectivity index (χ0) is 11.7. The van der Waals surface area contributed by atoms with Crippen LogP contribution in [0.3, 0.4) is 0 Å². The number of H-pyrrole nitrogens is 1. The fourth-order valence-corrected chi connectivity index (χ4v) is 2.67. The molecule has 0 saturated heterocycles. The number of anilines is 1. The Bertz CT molecular complexity index is 511. The lowest BCUT2D eigenvalue weighted by atomic mass is 9.95. The molecule has 90 valence electrons. The first-order chi connectivity index (χ1) is 8.34. The third kappa shape index (κ3) is 1.99. The fraction of sp³-hybridized carbons (Fsp3) is 0.538. The van der Waals surface area contributed by atoms with E-state index in [0.29, 0.717) is 6.04 Å². The molecule has 17 heavy (non-hydrogen) atoms. The molecule has 4 heteroatoms. The van der Waals surface area contributed by atoms with Crippen molar-refractivity contribution in [3.63, 3.8) is 0 Å². The number of aryl methyl sites for hydroxylation is 1. The van der Waals surface area contributed by atoms with Crippen molar-refractivity contribution in [2.24, 2.45) is 0 Å². The molecule has 2 heterocycles. The number of hydrogen-bond acceptors (Lipinski definition) is 3. The second kappa shape index (κ2) is 4.35. The fourth-order valence-electron chi connectivity index (χ4n) is 2.67. The molecule has 1 aliphatic carbocycles. The maximum Gasteiger partial charge on any atom is 0.137 e. The van der Waals surface area contributed by atoms with Gasteiger partial charge in [-0.15, -0.1) is 0 Å². The van der Waals surface area contributed by atoms with Gasteiger partial charge in [0.05, 0.1) is 16.6 Å². The van der Waals surface area contributed by atoms with E-state index in [9.17, 15) is 0 Å². The summed E-state index contributed by atoms with van der Waals surface area (Å²) < 4.78 is 0. The van der Waals surface area contributed by atoms with E-state index < -0.39 is 0 Å². The summed E-state index contributed by atoms with van der Waals surface area (Å²) in [5, 5.41) is 12.0.